The third kappa shape index (κ3) is 5.99. The highest BCUT2D eigenvalue weighted by molar-refractivity contribution is 6.17. The summed E-state index contributed by atoms with van der Waals surface area (Å²) in [7, 11) is 1.68. The van der Waals surface area contributed by atoms with Gasteiger partial charge in [-0.15, -0.1) is 11.6 Å². The van der Waals surface area contributed by atoms with Gasteiger partial charge >= 0.3 is 0 Å². The summed E-state index contributed by atoms with van der Waals surface area (Å²) < 4.78 is 21.7. The highest BCUT2D eigenvalue weighted by Crippen LogP contribution is 2.32. The first-order valence-electron chi connectivity index (χ1n) is 6.83. The molecule has 114 valence electrons. The third-order valence-electron chi connectivity index (χ3n) is 2.62. The average molecular weight is 303 g/mol. The molecule has 0 aliphatic heterocycles. The van der Waals surface area contributed by atoms with Gasteiger partial charge in [0.15, 0.2) is 11.5 Å². The summed E-state index contributed by atoms with van der Waals surface area (Å²) in [5.41, 5.74) is 0.928. The van der Waals surface area contributed by atoms with Crippen molar-refractivity contribution >= 4 is 11.6 Å². The second-order valence-electron chi connectivity index (χ2n) is 4.12. The number of hydrogen-bond donors (Lipinski definition) is 0. The SMILES string of the molecule is CCOc1cccc(CCl)c1OCCOCCCOC. The van der Waals surface area contributed by atoms with Crippen molar-refractivity contribution in [1.82, 2.24) is 0 Å². The second kappa shape index (κ2) is 10.8. The molecule has 1 aromatic rings. The molecule has 0 saturated heterocycles. The third-order valence-corrected chi connectivity index (χ3v) is 2.90. The molecule has 0 radical (unpaired) electrons. The highest BCUT2D eigenvalue weighted by atomic mass is 35.5. The van der Waals surface area contributed by atoms with Crippen LogP contribution in [0.4, 0.5) is 0 Å². The van der Waals surface area contributed by atoms with Crippen molar-refractivity contribution in [1.29, 1.82) is 0 Å². The molecule has 1 rings (SSSR count). The van der Waals surface area contributed by atoms with Crippen LogP contribution in [0.2, 0.25) is 0 Å². The molecule has 0 atom stereocenters. The highest BCUT2D eigenvalue weighted by Gasteiger charge is 2.10. The fourth-order valence-corrected chi connectivity index (χ4v) is 1.92. The zero-order valence-electron chi connectivity index (χ0n) is 12.2. The van der Waals surface area contributed by atoms with Crippen molar-refractivity contribution in [3.05, 3.63) is 23.8 Å². The number of methoxy groups -OCH3 is 1. The molecule has 0 N–H and O–H groups in total. The molecule has 4 nitrogen and oxygen atoms in total. The maximum absolute atomic E-state index is 5.92. The molecule has 1 aromatic carbocycles. The molecule has 0 aromatic heterocycles. The van der Waals surface area contributed by atoms with E-state index in [-0.39, 0.29) is 0 Å². The van der Waals surface area contributed by atoms with E-state index in [0.717, 1.165) is 17.7 Å². The topological polar surface area (TPSA) is 36.9 Å². The van der Waals surface area contributed by atoms with Gasteiger partial charge < -0.3 is 18.9 Å². The van der Waals surface area contributed by atoms with E-state index >= 15 is 0 Å². The molecule has 0 aliphatic rings. The summed E-state index contributed by atoms with van der Waals surface area (Å²) in [5, 5.41) is 0. The fraction of sp³-hybridized carbons (Fsp3) is 0.600. The number of benzene rings is 1. The van der Waals surface area contributed by atoms with Crippen LogP contribution in [0.3, 0.4) is 0 Å². The predicted molar refractivity (Wildman–Crippen MR) is 80.0 cm³/mol. The van der Waals surface area contributed by atoms with Gasteiger partial charge in [-0.25, -0.2) is 0 Å². The minimum atomic E-state index is 0.394. The average Bonchev–Trinajstić information content (AvgIpc) is 2.47. The molecule has 5 heteroatoms. The van der Waals surface area contributed by atoms with Gasteiger partial charge in [-0.05, 0) is 19.4 Å². The lowest BCUT2D eigenvalue weighted by atomic mass is 10.2. The summed E-state index contributed by atoms with van der Waals surface area (Å²) in [5.74, 6) is 1.83. The molecule has 0 heterocycles. The molecule has 0 unspecified atom stereocenters. The van der Waals surface area contributed by atoms with E-state index in [1.54, 1.807) is 7.11 Å². The Morgan fingerprint density at radius 2 is 1.90 bits per heavy atom. The standard InChI is InChI=1S/C15H23ClO4/c1-3-19-14-7-4-6-13(12-16)15(14)20-11-10-18-9-5-8-17-2/h4,6-7H,3,5,8-12H2,1-2H3. The van der Waals surface area contributed by atoms with Gasteiger partial charge in [0.05, 0.1) is 19.1 Å². The summed E-state index contributed by atoms with van der Waals surface area (Å²) in [6.07, 6.45) is 0.888. The Bertz CT molecular complexity index is 371. The second-order valence-corrected chi connectivity index (χ2v) is 4.39. The predicted octanol–water partition coefficient (Wildman–Crippen LogP) is 3.26. The lowest BCUT2D eigenvalue weighted by molar-refractivity contribution is 0.0796. The Morgan fingerprint density at radius 1 is 1.05 bits per heavy atom. The number of alkyl halides is 1. The Hall–Kier alpha value is -0.970. The van der Waals surface area contributed by atoms with Crippen LogP contribution in [0, 0.1) is 0 Å². The fourth-order valence-electron chi connectivity index (χ4n) is 1.71. The molecule has 0 bridgehead atoms. The Morgan fingerprint density at radius 3 is 2.60 bits per heavy atom. The van der Waals surface area contributed by atoms with Gasteiger partial charge in [-0.1, -0.05) is 12.1 Å². The van der Waals surface area contributed by atoms with Gasteiger partial charge in [-0.2, -0.15) is 0 Å². The summed E-state index contributed by atoms with van der Waals surface area (Å²) in [6, 6.07) is 5.73. The number of rotatable bonds is 11. The van der Waals surface area contributed by atoms with E-state index in [0.29, 0.717) is 44.7 Å². The molecule has 0 spiro atoms. The molecule has 0 saturated carbocycles. The number of halogens is 1. The van der Waals surface area contributed by atoms with Crippen LogP contribution in [-0.4, -0.2) is 40.1 Å². The molecule has 20 heavy (non-hydrogen) atoms. The van der Waals surface area contributed by atoms with Gasteiger partial charge in [0, 0.05) is 25.9 Å². The monoisotopic (exact) mass is 302 g/mol. The number of para-hydroxylation sites is 1. The van der Waals surface area contributed by atoms with E-state index in [1.807, 2.05) is 25.1 Å². The quantitative estimate of drug-likeness (QED) is 0.464. The molecule has 0 fully saturated rings. The van der Waals surface area contributed by atoms with Gasteiger partial charge in [0.25, 0.3) is 0 Å². The van der Waals surface area contributed by atoms with Crippen LogP contribution in [0.1, 0.15) is 18.9 Å². The Kier molecular flexibility index (Phi) is 9.20. The smallest absolute Gasteiger partial charge is 0.165 e. The van der Waals surface area contributed by atoms with E-state index in [2.05, 4.69) is 0 Å². The van der Waals surface area contributed by atoms with Crippen molar-refractivity contribution < 1.29 is 18.9 Å². The minimum absolute atomic E-state index is 0.394. The number of hydrogen-bond acceptors (Lipinski definition) is 4. The van der Waals surface area contributed by atoms with Crippen LogP contribution >= 0.6 is 11.6 Å². The minimum Gasteiger partial charge on any atom is -0.490 e. The van der Waals surface area contributed by atoms with Crippen molar-refractivity contribution in [3.8, 4) is 11.5 Å². The maximum Gasteiger partial charge on any atom is 0.165 e. The van der Waals surface area contributed by atoms with Crippen LogP contribution in [-0.2, 0) is 15.4 Å². The summed E-state index contributed by atoms with van der Waals surface area (Å²) in [6.45, 7) is 4.93. The van der Waals surface area contributed by atoms with Gasteiger partial charge in [0.2, 0.25) is 0 Å². The van der Waals surface area contributed by atoms with Crippen LogP contribution in [0.25, 0.3) is 0 Å². The zero-order chi connectivity index (χ0) is 14.6. The van der Waals surface area contributed by atoms with Crippen LogP contribution in [0.5, 0.6) is 11.5 Å². The van der Waals surface area contributed by atoms with Gasteiger partial charge in [0.1, 0.15) is 6.61 Å². The maximum atomic E-state index is 5.92. The van der Waals surface area contributed by atoms with Gasteiger partial charge in [-0.3, -0.25) is 0 Å². The van der Waals surface area contributed by atoms with Crippen molar-refractivity contribution in [3.63, 3.8) is 0 Å². The first kappa shape index (κ1) is 17.1. The molecular weight excluding hydrogens is 280 g/mol. The van der Waals surface area contributed by atoms with E-state index in [4.69, 9.17) is 30.5 Å². The first-order valence-corrected chi connectivity index (χ1v) is 7.37. The molecule has 0 amide bonds. The molecular formula is C15H23ClO4. The Labute approximate surface area is 125 Å². The van der Waals surface area contributed by atoms with Crippen LogP contribution < -0.4 is 9.47 Å². The van der Waals surface area contributed by atoms with E-state index in [9.17, 15) is 0 Å². The van der Waals surface area contributed by atoms with Crippen molar-refractivity contribution in [2.24, 2.45) is 0 Å². The largest absolute Gasteiger partial charge is 0.490 e. The van der Waals surface area contributed by atoms with Crippen molar-refractivity contribution in [2.45, 2.75) is 19.2 Å². The lowest BCUT2D eigenvalue weighted by Crippen LogP contribution is -2.10. The normalized spacial score (nSPS) is 10.6. The lowest BCUT2D eigenvalue weighted by Gasteiger charge is -2.15. The zero-order valence-corrected chi connectivity index (χ0v) is 12.9. The first-order chi connectivity index (χ1) is 9.83. The van der Waals surface area contributed by atoms with Crippen LogP contribution in [0.15, 0.2) is 18.2 Å². The molecule has 0 aliphatic carbocycles. The summed E-state index contributed by atoms with van der Waals surface area (Å²) in [4.78, 5) is 0. The van der Waals surface area contributed by atoms with Crippen molar-refractivity contribution in [2.75, 3.05) is 40.1 Å². The Balaban J connectivity index is 2.41. The van der Waals surface area contributed by atoms with E-state index < -0.39 is 0 Å². The summed E-state index contributed by atoms with van der Waals surface area (Å²) >= 11 is 5.92. The van der Waals surface area contributed by atoms with E-state index in [1.165, 1.54) is 0 Å². The number of ether oxygens (including phenoxy) is 4.